The average molecular weight is 214 g/mol. The molecular formula is C5H11F5OS. The maximum absolute atomic E-state index is 11.9. The summed E-state index contributed by atoms with van der Waals surface area (Å²) in [6.07, 6.45) is -0.759. The van der Waals surface area contributed by atoms with E-state index in [1.165, 1.54) is 6.92 Å². The molecule has 0 rings (SSSR count). The molecule has 0 spiro atoms. The highest BCUT2D eigenvalue weighted by molar-refractivity contribution is 8.46. The molecule has 0 aliphatic carbocycles. The lowest BCUT2D eigenvalue weighted by Crippen LogP contribution is -2.28. The van der Waals surface area contributed by atoms with E-state index in [9.17, 15) is 19.4 Å². The summed E-state index contributed by atoms with van der Waals surface area (Å²) < 4.78 is 59.5. The Balaban J connectivity index is 4.73. The van der Waals surface area contributed by atoms with Crippen LogP contribution in [-0.2, 0) is 0 Å². The van der Waals surface area contributed by atoms with Crippen LogP contribution in [0.4, 0.5) is 19.4 Å². The number of aliphatic hydroxyl groups is 1. The van der Waals surface area contributed by atoms with Crippen LogP contribution in [0.3, 0.4) is 0 Å². The van der Waals surface area contributed by atoms with Gasteiger partial charge < -0.3 is 5.11 Å². The van der Waals surface area contributed by atoms with Crippen LogP contribution in [0, 0.1) is 0 Å². The lowest BCUT2D eigenvalue weighted by molar-refractivity contribution is 0.245. The Hall–Kier alpha value is -0.0400. The molecule has 0 fully saturated rings. The Labute approximate surface area is 67.3 Å². The van der Waals surface area contributed by atoms with Crippen LogP contribution in [0.2, 0.25) is 0 Å². The van der Waals surface area contributed by atoms with Crippen LogP contribution in [0.1, 0.15) is 19.8 Å². The molecule has 0 aromatic rings. The summed E-state index contributed by atoms with van der Waals surface area (Å²) in [4.78, 5) is 0. The number of hydrogen-bond acceptors (Lipinski definition) is 1. The predicted octanol–water partition coefficient (Wildman–Crippen LogP) is 3.45. The molecule has 0 bridgehead atoms. The minimum absolute atomic E-state index is 0.0309. The highest BCUT2D eigenvalue weighted by Gasteiger charge is 2.69. The van der Waals surface area contributed by atoms with Crippen molar-refractivity contribution in [2.24, 2.45) is 0 Å². The van der Waals surface area contributed by atoms with E-state index in [2.05, 4.69) is 0 Å². The topological polar surface area (TPSA) is 20.2 Å². The molecule has 0 saturated heterocycles. The number of hydrogen-bond donors (Lipinski definition) is 1. The Morgan fingerprint density at radius 2 is 1.58 bits per heavy atom. The SMILES string of the molecule is CCCC(CO)S(F)(F)(F)(F)F. The highest BCUT2D eigenvalue weighted by Crippen LogP contribution is 3.00. The van der Waals surface area contributed by atoms with E-state index in [1.54, 1.807) is 0 Å². The molecule has 12 heavy (non-hydrogen) atoms. The van der Waals surface area contributed by atoms with Gasteiger partial charge in [0.15, 0.2) is 0 Å². The van der Waals surface area contributed by atoms with Gasteiger partial charge in [0.05, 0.1) is 6.61 Å². The van der Waals surface area contributed by atoms with Crippen molar-refractivity contribution in [3.63, 3.8) is 0 Å². The smallest absolute Gasteiger partial charge is 0.290 e. The third kappa shape index (κ3) is 3.57. The molecule has 0 aromatic heterocycles. The van der Waals surface area contributed by atoms with Crippen molar-refractivity contribution in [3.8, 4) is 0 Å². The van der Waals surface area contributed by atoms with Crippen molar-refractivity contribution in [3.05, 3.63) is 0 Å². The van der Waals surface area contributed by atoms with Gasteiger partial charge in [-0.1, -0.05) is 32.8 Å². The van der Waals surface area contributed by atoms with Crippen molar-refractivity contribution in [2.75, 3.05) is 6.61 Å². The Bertz CT molecular complexity index is 159. The van der Waals surface area contributed by atoms with Gasteiger partial charge in [0.2, 0.25) is 0 Å². The van der Waals surface area contributed by atoms with Gasteiger partial charge in [0, 0.05) is 0 Å². The first-order chi connectivity index (χ1) is 5.01. The van der Waals surface area contributed by atoms with Crippen LogP contribution in [0.5, 0.6) is 0 Å². The molecule has 0 aliphatic heterocycles. The normalized spacial score (nSPS) is 21.2. The average Bonchev–Trinajstić information content (AvgIpc) is 1.76. The standard InChI is InChI=1S/C5H11F5OS/c1-2-3-5(4-11)12(6,7,8,9)10/h5,11H,2-4H2,1H3. The first-order valence-corrected chi connectivity index (χ1v) is 5.36. The third-order valence-corrected chi connectivity index (χ3v) is 3.09. The molecule has 1 unspecified atom stereocenters. The molecule has 1 nitrogen and oxygen atoms in total. The number of rotatable bonds is 4. The molecule has 0 aromatic carbocycles. The van der Waals surface area contributed by atoms with E-state index < -0.39 is 28.5 Å². The summed E-state index contributed by atoms with van der Waals surface area (Å²) in [5.41, 5.74) is 0. The second-order valence-electron chi connectivity index (χ2n) is 2.62. The maximum Gasteiger partial charge on any atom is 0.290 e. The fraction of sp³-hybridized carbons (Fsp3) is 1.00. The molecule has 0 radical (unpaired) electrons. The van der Waals surface area contributed by atoms with Crippen LogP contribution < -0.4 is 0 Å². The molecular weight excluding hydrogens is 203 g/mol. The summed E-state index contributed by atoms with van der Waals surface area (Å²) in [5.74, 6) is 0. The van der Waals surface area contributed by atoms with E-state index in [0.717, 1.165) is 0 Å². The van der Waals surface area contributed by atoms with Crippen molar-refractivity contribution in [1.82, 2.24) is 0 Å². The lowest BCUT2D eigenvalue weighted by Gasteiger charge is -2.46. The predicted molar refractivity (Wildman–Crippen MR) is 38.9 cm³/mol. The minimum atomic E-state index is -9.45. The molecule has 0 aliphatic rings. The van der Waals surface area contributed by atoms with Gasteiger partial charge in [-0.15, -0.1) is 0 Å². The Morgan fingerprint density at radius 3 is 1.67 bits per heavy atom. The van der Waals surface area contributed by atoms with Gasteiger partial charge in [0.25, 0.3) is 10.2 Å². The zero-order valence-corrected chi connectivity index (χ0v) is 7.26. The third-order valence-electron chi connectivity index (χ3n) is 1.44. The van der Waals surface area contributed by atoms with Crippen LogP contribution in [0.25, 0.3) is 0 Å². The zero-order valence-electron chi connectivity index (χ0n) is 6.44. The lowest BCUT2D eigenvalue weighted by atomic mass is 10.3. The molecule has 0 amide bonds. The van der Waals surface area contributed by atoms with E-state index in [4.69, 9.17) is 5.11 Å². The van der Waals surface area contributed by atoms with E-state index in [1.807, 2.05) is 0 Å². The van der Waals surface area contributed by atoms with Crippen LogP contribution in [0.15, 0.2) is 0 Å². The Kier molecular flexibility index (Phi) is 2.47. The molecule has 78 valence electrons. The first-order valence-electron chi connectivity index (χ1n) is 3.35. The van der Waals surface area contributed by atoms with Crippen molar-refractivity contribution in [2.45, 2.75) is 25.0 Å². The molecule has 7 heteroatoms. The molecule has 1 N–H and O–H groups in total. The summed E-state index contributed by atoms with van der Waals surface area (Å²) >= 11 is 0. The molecule has 0 saturated carbocycles. The second kappa shape index (κ2) is 2.47. The van der Waals surface area contributed by atoms with Gasteiger partial charge in [0.1, 0.15) is 5.25 Å². The highest BCUT2D eigenvalue weighted by atomic mass is 32.5. The second-order valence-corrected chi connectivity index (χ2v) is 5.35. The molecule has 1 atom stereocenters. The van der Waals surface area contributed by atoms with Crippen LogP contribution in [-0.4, -0.2) is 17.0 Å². The van der Waals surface area contributed by atoms with Gasteiger partial charge in [-0.3, -0.25) is 0 Å². The summed E-state index contributed by atoms with van der Waals surface area (Å²) in [6, 6.07) is 0. The van der Waals surface area contributed by atoms with Gasteiger partial charge in [-0.2, -0.15) is 0 Å². The zero-order chi connectivity index (χ0) is 10.1. The van der Waals surface area contributed by atoms with Crippen LogP contribution >= 0.6 is 10.2 Å². The van der Waals surface area contributed by atoms with Crippen molar-refractivity contribution in [1.29, 1.82) is 0 Å². The fourth-order valence-electron chi connectivity index (χ4n) is 0.777. The van der Waals surface area contributed by atoms with Crippen molar-refractivity contribution >= 4 is 10.2 Å². The van der Waals surface area contributed by atoms with E-state index >= 15 is 0 Å². The van der Waals surface area contributed by atoms with Crippen molar-refractivity contribution < 1.29 is 24.5 Å². The number of halogens is 5. The first kappa shape index (κ1) is 12.0. The monoisotopic (exact) mass is 214 g/mol. The Morgan fingerprint density at radius 1 is 1.17 bits per heavy atom. The summed E-state index contributed by atoms with van der Waals surface area (Å²) in [6.45, 7) is -0.182. The number of aliphatic hydroxyl groups excluding tert-OH is 1. The fourth-order valence-corrected chi connectivity index (χ4v) is 1.74. The van der Waals surface area contributed by atoms with Gasteiger partial charge >= 0.3 is 0 Å². The van der Waals surface area contributed by atoms with Gasteiger partial charge in [-0.25, -0.2) is 0 Å². The minimum Gasteiger partial charge on any atom is -0.395 e. The largest absolute Gasteiger partial charge is 0.395 e. The van der Waals surface area contributed by atoms with Gasteiger partial charge in [-0.05, 0) is 6.42 Å². The van der Waals surface area contributed by atoms with E-state index in [0.29, 0.717) is 0 Å². The maximum atomic E-state index is 11.9. The summed E-state index contributed by atoms with van der Waals surface area (Å²) in [7, 11) is -9.45. The van der Waals surface area contributed by atoms with E-state index in [-0.39, 0.29) is 6.42 Å². The summed E-state index contributed by atoms with van der Waals surface area (Å²) in [5, 5.41) is 5.30. The molecule has 0 heterocycles. The quantitative estimate of drug-likeness (QED) is 0.710.